The molecule has 0 amide bonds. The minimum atomic E-state index is -4.29. The molecule has 1 aliphatic heterocycles. The number of likely N-dealkylation sites (tertiary alicyclic amines) is 1. The molecule has 1 saturated heterocycles. The van der Waals surface area contributed by atoms with Gasteiger partial charge >= 0.3 is 0 Å². The largest absolute Gasteiger partial charge is 0.492 e. The van der Waals surface area contributed by atoms with Crippen LogP contribution in [0.2, 0.25) is 0 Å². The quantitative estimate of drug-likeness (QED) is 0.275. The molecule has 0 atom stereocenters. The number of nitrogens with zero attached hydrogens (tertiary/aromatic N) is 3. The molecule has 0 radical (unpaired) electrons. The summed E-state index contributed by atoms with van der Waals surface area (Å²) in [7, 11) is -4.29. The van der Waals surface area contributed by atoms with E-state index in [1.54, 1.807) is 0 Å². The number of hydrogen-bond donors (Lipinski definition) is 2. The molecule has 38 heavy (non-hydrogen) atoms. The second-order valence-corrected chi connectivity index (χ2v) is 10.6. The van der Waals surface area contributed by atoms with Crippen LogP contribution in [-0.2, 0) is 16.7 Å². The van der Waals surface area contributed by atoms with E-state index in [1.165, 1.54) is 18.2 Å². The van der Waals surface area contributed by atoms with Gasteiger partial charge in [-0.1, -0.05) is 0 Å². The molecule has 2 aromatic heterocycles. The summed E-state index contributed by atoms with van der Waals surface area (Å²) in [5.74, 6) is 1.60. The third kappa shape index (κ3) is 5.79. The molecule has 0 unspecified atom stereocenters. The Hall–Kier alpha value is -3.54. The number of anilines is 1. The van der Waals surface area contributed by atoms with Crippen molar-refractivity contribution in [2.45, 2.75) is 44.2 Å². The Labute approximate surface area is 221 Å². The van der Waals surface area contributed by atoms with E-state index in [4.69, 9.17) is 13.9 Å². The number of benzene rings is 2. The van der Waals surface area contributed by atoms with Gasteiger partial charge in [0.15, 0.2) is 5.58 Å². The third-order valence-electron chi connectivity index (χ3n) is 6.54. The standard InChI is InChI=1S/C27H32N4O6S/c1-3-35-24-15-19(16-25(36-4-2)26(24)31-11-5-6-12-31)18-30-13-9-20(10-14-30)28-27-29-22-17-21(38(32,33)34)7-8-23(22)37-27/h5-8,11-12,15-17,20H,3-4,9-10,13-14,18H2,1-2H3,(H,28,29)(H,32,33,34). The van der Waals surface area contributed by atoms with Gasteiger partial charge in [-0.15, -0.1) is 0 Å². The maximum absolute atomic E-state index is 11.4. The smallest absolute Gasteiger partial charge is 0.295 e. The zero-order chi connectivity index (χ0) is 26.7. The topological polar surface area (TPSA) is 119 Å². The number of piperidine rings is 1. The first-order chi connectivity index (χ1) is 18.3. The van der Waals surface area contributed by atoms with E-state index < -0.39 is 10.1 Å². The van der Waals surface area contributed by atoms with Crippen LogP contribution in [0, 0.1) is 0 Å². The van der Waals surface area contributed by atoms with Crippen LogP contribution < -0.4 is 14.8 Å². The number of aromatic nitrogens is 2. The summed E-state index contributed by atoms with van der Waals surface area (Å²) in [6.07, 6.45) is 5.77. The van der Waals surface area contributed by atoms with Crippen LogP contribution in [0.4, 0.5) is 6.01 Å². The highest BCUT2D eigenvalue weighted by atomic mass is 32.2. The summed E-state index contributed by atoms with van der Waals surface area (Å²) in [5.41, 5.74) is 2.87. The minimum absolute atomic E-state index is 0.175. The lowest BCUT2D eigenvalue weighted by Crippen LogP contribution is -2.38. The summed E-state index contributed by atoms with van der Waals surface area (Å²) in [5, 5.41) is 3.33. The Morgan fingerprint density at radius 1 is 1.05 bits per heavy atom. The lowest BCUT2D eigenvalue weighted by Gasteiger charge is -2.32. The number of ether oxygens (including phenoxy) is 2. The molecule has 0 bridgehead atoms. The van der Waals surface area contributed by atoms with Crippen molar-refractivity contribution in [1.82, 2.24) is 14.5 Å². The fraction of sp³-hybridized carbons (Fsp3) is 0.370. The van der Waals surface area contributed by atoms with Crippen LogP contribution >= 0.6 is 0 Å². The Morgan fingerprint density at radius 2 is 1.71 bits per heavy atom. The Morgan fingerprint density at radius 3 is 2.32 bits per heavy atom. The molecule has 5 rings (SSSR count). The number of rotatable bonds is 10. The Bertz CT molecular complexity index is 1460. The first-order valence-electron chi connectivity index (χ1n) is 12.8. The van der Waals surface area contributed by atoms with Crippen molar-refractivity contribution in [2.24, 2.45) is 0 Å². The van der Waals surface area contributed by atoms with Gasteiger partial charge in [0, 0.05) is 38.1 Å². The summed E-state index contributed by atoms with van der Waals surface area (Å²) < 4.78 is 51.8. The molecule has 0 aliphatic carbocycles. The first-order valence-corrected chi connectivity index (χ1v) is 14.2. The van der Waals surface area contributed by atoms with Gasteiger partial charge in [0.25, 0.3) is 16.1 Å². The van der Waals surface area contributed by atoms with E-state index in [-0.39, 0.29) is 10.9 Å². The maximum atomic E-state index is 11.4. The highest BCUT2D eigenvalue weighted by Gasteiger charge is 2.23. The number of hydrogen-bond acceptors (Lipinski definition) is 8. The molecule has 0 spiro atoms. The summed E-state index contributed by atoms with van der Waals surface area (Å²) in [4.78, 5) is 6.55. The molecule has 2 aromatic carbocycles. The van der Waals surface area contributed by atoms with Crippen molar-refractivity contribution < 1.29 is 26.9 Å². The van der Waals surface area contributed by atoms with Crippen LogP contribution in [0.25, 0.3) is 16.8 Å². The zero-order valence-electron chi connectivity index (χ0n) is 21.5. The second-order valence-electron chi connectivity index (χ2n) is 9.22. The van der Waals surface area contributed by atoms with Crippen LogP contribution in [0.3, 0.4) is 0 Å². The maximum Gasteiger partial charge on any atom is 0.295 e. The Balaban J connectivity index is 1.25. The van der Waals surface area contributed by atoms with Crippen LogP contribution in [0.5, 0.6) is 11.5 Å². The molecular formula is C27H32N4O6S. The summed E-state index contributed by atoms with van der Waals surface area (Å²) in [6.45, 7) is 7.64. The molecule has 4 aromatic rings. The molecule has 1 fully saturated rings. The first kappa shape index (κ1) is 26.1. The molecule has 2 N–H and O–H groups in total. The van der Waals surface area contributed by atoms with Crippen molar-refractivity contribution in [3.05, 3.63) is 60.4 Å². The van der Waals surface area contributed by atoms with E-state index >= 15 is 0 Å². The monoisotopic (exact) mass is 540 g/mol. The highest BCUT2D eigenvalue weighted by molar-refractivity contribution is 7.85. The van der Waals surface area contributed by atoms with Gasteiger partial charge in [-0.2, -0.15) is 13.4 Å². The van der Waals surface area contributed by atoms with E-state index in [0.29, 0.717) is 30.3 Å². The van der Waals surface area contributed by atoms with Gasteiger partial charge in [-0.25, -0.2) is 0 Å². The van der Waals surface area contributed by atoms with E-state index in [9.17, 15) is 13.0 Å². The fourth-order valence-electron chi connectivity index (χ4n) is 4.79. The van der Waals surface area contributed by atoms with Crippen LogP contribution in [0.15, 0.2) is 64.2 Å². The number of nitrogens with one attached hydrogen (secondary N) is 1. The van der Waals surface area contributed by atoms with E-state index in [1.807, 2.05) is 42.9 Å². The number of fused-ring (bicyclic) bond motifs is 1. The van der Waals surface area contributed by atoms with Gasteiger partial charge < -0.3 is 23.8 Å². The second kappa shape index (κ2) is 11.1. The summed E-state index contributed by atoms with van der Waals surface area (Å²) in [6, 6.07) is 12.8. The van der Waals surface area contributed by atoms with Crippen molar-refractivity contribution in [3.8, 4) is 17.2 Å². The van der Waals surface area contributed by atoms with Crippen molar-refractivity contribution in [2.75, 3.05) is 31.6 Å². The van der Waals surface area contributed by atoms with Crippen molar-refractivity contribution >= 4 is 27.2 Å². The fourth-order valence-corrected chi connectivity index (χ4v) is 5.30. The normalized spacial score (nSPS) is 15.1. The van der Waals surface area contributed by atoms with Gasteiger partial charge in [0.2, 0.25) is 0 Å². The molecule has 1 aliphatic rings. The van der Waals surface area contributed by atoms with Crippen molar-refractivity contribution in [1.29, 1.82) is 0 Å². The van der Waals surface area contributed by atoms with Crippen LogP contribution in [0.1, 0.15) is 32.3 Å². The summed E-state index contributed by atoms with van der Waals surface area (Å²) >= 11 is 0. The molecular weight excluding hydrogens is 508 g/mol. The van der Waals surface area contributed by atoms with Gasteiger partial charge in [-0.3, -0.25) is 9.45 Å². The lowest BCUT2D eigenvalue weighted by atomic mass is 10.0. The van der Waals surface area contributed by atoms with Crippen LogP contribution in [-0.4, -0.2) is 59.8 Å². The molecule has 11 heteroatoms. The molecule has 10 nitrogen and oxygen atoms in total. The predicted octanol–water partition coefficient (Wildman–Crippen LogP) is 4.74. The van der Waals surface area contributed by atoms with Gasteiger partial charge in [0.05, 0.1) is 18.1 Å². The minimum Gasteiger partial charge on any atom is -0.492 e. The Kier molecular flexibility index (Phi) is 7.59. The zero-order valence-corrected chi connectivity index (χ0v) is 22.3. The predicted molar refractivity (Wildman–Crippen MR) is 144 cm³/mol. The van der Waals surface area contributed by atoms with Crippen molar-refractivity contribution in [3.63, 3.8) is 0 Å². The third-order valence-corrected chi connectivity index (χ3v) is 7.39. The van der Waals surface area contributed by atoms with E-state index in [0.717, 1.165) is 55.2 Å². The molecule has 3 heterocycles. The number of oxazole rings is 1. The van der Waals surface area contributed by atoms with E-state index in [2.05, 4.69) is 27.3 Å². The van der Waals surface area contributed by atoms with Gasteiger partial charge in [0.1, 0.15) is 22.7 Å². The lowest BCUT2D eigenvalue weighted by molar-refractivity contribution is 0.209. The van der Waals surface area contributed by atoms with Gasteiger partial charge in [-0.05, 0) is 74.7 Å². The average Bonchev–Trinajstić information content (AvgIpc) is 3.54. The SMILES string of the molecule is CCOc1cc(CN2CCC(Nc3nc4cc(S(=O)(=O)O)ccc4o3)CC2)cc(OCC)c1-n1cccc1. The average molecular weight is 541 g/mol. The molecule has 0 saturated carbocycles. The highest BCUT2D eigenvalue weighted by Crippen LogP contribution is 2.35. The molecule has 202 valence electrons.